The van der Waals surface area contributed by atoms with Gasteiger partial charge < -0.3 is 19.1 Å². The molecule has 0 spiro atoms. The number of nitrogens with zero attached hydrogens (tertiary/aromatic N) is 5. The number of hydrogen-bond acceptors (Lipinski definition) is 8. The predicted octanol–water partition coefficient (Wildman–Crippen LogP) is 8.03. The van der Waals surface area contributed by atoms with E-state index in [2.05, 4.69) is 6.07 Å². The summed E-state index contributed by atoms with van der Waals surface area (Å²) in [5, 5.41) is 23.6. The van der Waals surface area contributed by atoms with Gasteiger partial charge in [0.1, 0.15) is 17.3 Å². The van der Waals surface area contributed by atoms with Gasteiger partial charge in [-0.25, -0.2) is 9.18 Å². The molecule has 2 aromatic carbocycles. The van der Waals surface area contributed by atoms with Gasteiger partial charge in [0, 0.05) is 64.8 Å². The molecular weight excluding hydrogens is 697 g/mol. The topological polar surface area (TPSA) is 94.1 Å². The van der Waals surface area contributed by atoms with Crippen molar-refractivity contribution in [1.29, 1.82) is 0 Å². The van der Waals surface area contributed by atoms with Crippen molar-refractivity contribution in [2.45, 2.75) is 36.2 Å². The number of fused-ring (bicyclic) bond motifs is 8. The maximum Gasteiger partial charge on any atom is 0.352 e. The van der Waals surface area contributed by atoms with Crippen LogP contribution in [0.15, 0.2) is 81.0 Å². The minimum absolute atomic E-state index is 0.222. The Kier molecular flexibility index (Phi) is 11.7. The summed E-state index contributed by atoms with van der Waals surface area (Å²) in [6.07, 6.45) is 10.3. The minimum atomic E-state index is -1.00. The molecule has 2 aliphatic heterocycles. The van der Waals surface area contributed by atoms with Crippen molar-refractivity contribution in [3.8, 4) is 5.75 Å². The number of ether oxygens (including phenoxy) is 2. The molecule has 4 aromatic rings. The number of aromatic carboxylic acids is 1. The molecule has 0 unspecified atom stereocenters. The summed E-state index contributed by atoms with van der Waals surface area (Å²) < 4.78 is 29.9. The van der Waals surface area contributed by atoms with Crippen LogP contribution in [0.25, 0.3) is 16.8 Å². The molecule has 4 bridgehead atoms. The van der Waals surface area contributed by atoms with Crippen LogP contribution in [-0.4, -0.2) is 68.8 Å². The average Bonchev–Trinajstić information content (AvgIpc) is 3.61. The molecule has 0 aliphatic carbocycles. The van der Waals surface area contributed by atoms with Crippen molar-refractivity contribution in [2.75, 3.05) is 32.1 Å². The van der Waals surface area contributed by atoms with E-state index in [1.807, 2.05) is 54.2 Å². The van der Waals surface area contributed by atoms with Crippen molar-refractivity contribution >= 4 is 64.2 Å². The summed E-state index contributed by atoms with van der Waals surface area (Å²) in [7, 11) is 3.68. The lowest BCUT2D eigenvalue weighted by Crippen LogP contribution is -2.31. The highest BCUT2D eigenvalue weighted by Gasteiger charge is 2.20. The fourth-order valence-corrected chi connectivity index (χ4v) is 7.92. The number of hydrogen-bond donors (Lipinski definition) is 1. The molecule has 2 aliphatic rings. The van der Waals surface area contributed by atoms with E-state index in [0.29, 0.717) is 61.3 Å². The third kappa shape index (κ3) is 8.66. The highest BCUT2D eigenvalue weighted by Crippen LogP contribution is 2.35. The van der Waals surface area contributed by atoms with E-state index in [1.165, 1.54) is 12.1 Å². The zero-order valence-corrected chi connectivity index (χ0v) is 30.6. The van der Waals surface area contributed by atoms with Crippen LogP contribution in [0.1, 0.15) is 46.3 Å². The van der Waals surface area contributed by atoms with Crippen LogP contribution in [-0.2, 0) is 36.8 Å². The monoisotopic (exact) mass is 735 g/mol. The van der Waals surface area contributed by atoms with Crippen molar-refractivity contribution in [3.63, 3.8) is 0 Å². The molecule has 0 saturated carbocycles. The Morgan fingerprint density at radius 1 is 1.10 bits per heavy atom. The third-order valence-electron chi connectivity index (χ3n) is 8.51. The molecular formula is C37H39ClFN5O4S2. The number of morpholine rings is 1. The minimum Gasteiger partial charge on any atom is -0.493 e. The van der Waals surface area contributed by atoms with Gasteiger partial charge in [-0.2, -0.15) is 10.2 Å². The van der Waals surface area contributed by atoms with Crippen LogP contribution in [0.4, 0.5) is 4.39 Å². The van der Waals surface area contributed by atoms with E-state index in [9.17, 15) is 14.3 Å². The van der Waals surface area contributed by atoms with Gasteiger partial charge >= 0.3 is 5.97 Å². The zero-order chi connectivity index (χ0) is 35.2. The second-order valence-electron chi connectivity index (χ2n) is 12.1. The molecule has 1 N–H and O–H groups in total. The molecule has 1 fully saturated rings. The van der Waals surface area contributed by atoms with Crippen molar-refractivity contribution in [1.82, 2.24) is 19.4 Å². The first-order valence-corrected chi connectivity index (χ1v) is 18.8. The Labute approximate surface area is 304 Å². The summed E-state index contributed by atoms with van der Waals surface area (Å²) in [4.78, 5) is 13.2. The van der Waals surface area contributed by atoms with Gasteiger partial charge in [0.05, 0.1) is 37.8 Å². The molecule has 1 saturated heterocycles. The van der Waals surface area contributed by atoms with E-state index >= 15 is 0 Å². The maximum absolute atomic E-state index is 14.3. The van der Waals surface area contributed by atoms with Gasteiger partial charge in [-0.3, -0.25) is 9.69 Å². The van der Waals surface area contributed by atoms with Gasteiger partial charge in [-0.1, -0.05) is 17.7 Å². The van der Waals surface area contributed by atoms with Gasteiger partial charge in [-0.15, -0.1) is 23.5 Å². The number of rotatable bonds is 1. The first kappa shape index (κ1) is 35.8. The van der Waals surface area contributed by atoms with E-state index in [-0.39, 0.29) is 11.5 Å². The predicted molar refractivity (Wildman–Crippen MR) is 201 cm³/mol. The summed E-state index contributed by atoms with van der Waals surface area (Å²) >= 11 is 10.1. The molecule has 262 valence electrons. The Balaban J connectivity index is 1.32. The SMILES string of the molecule is CC1=C2\COCCN2/N=C/CSCc2cc(n(C)n2)CSc2cc(c3ccc(F)cc3c2)OCCCc2c(cn(C)c2C(=O)O)\C=C/C(Cl)=C/1. The number of carboxylic acid groups (broad SMARTS) is 1. The smallest absolute Gasteiger partial charge is 0.352 e. The summed E-state index contributed by atoms with van der Waals surface area (Å²) in [6, 6.07) is 10.8. The molecule has 6 rings (SSSR count). The van der Waals surface area contributed by atoms with Crippen LogP contribution in [0.5, 0.6) is 5.75 Å². The number of carbonyl (C=O) groups is 1. The number of hydrazone groups is 1. The molecule has 4 heterocycles. The molecule has 13 heteroatoms. The molecule has 9 nitrogen and oxygen atoms in total. The number of benzene rings is 2. The zero-order valence-electron chi connectivity index (χ0n) is 28.2. The first-order valence-electron chi connectivity index (χ1n) is 16.3. The first-order chi connectivity index (χ1) is 24.2. The van der Waals surface area contributed by atoms with Gasteiger partial charge in [0.15, 0.2) is 0 Å². The Bertz CT molecular complexity index is 2020. The van der Waals surface area contributed by atoms with Crippen LogP contribution in [0.2, 0.25) is 0 Å². The van der Waals surface area contributed by atoms with Crippen molar-refractivity contribution in [2.24, 2.45) is 19.2 Å². The lowest BCUT2D eigenvalue weighted by molar-refractivity contribution is 0.0685. The molecule has 0 amide bonds. The molecule has 50 heavy (non-hydrogen) atoms. The Morgan fingerprint density at radius 3 is 2.80 bits per heavy atom. The third-order valence-corrected chi connectivity index (χ3v) is 10.6. The second-order valence-corrected chi connectivity index (χ2v) is 14.6. The highest BCUT2D eigenvalue weighted by molar-refractivity contribution is 7.99. The fourth-order valence-electron chi connectivity index (χ4n) is 6.06. The second kappa shape index (κ2) is 16.4. The quantitative estimate of drug-likeness (QED) is 0.210. The summed E-state index contributed by atoms with van der Waals surface area (Å²) in [5.41, 5.74) is 5.64. The number of allylic oxidation sites excluding steroid dienone is 4. The van der Waals surface area contributed by atoms with E-state index in [4.69, 9.17) is 31.3 Å². The van der Waals surface area contributed by atoms with Gasteiger partial charge in [-0.05, 0) is 90.4 Å². The van der Waals surface area contributed by atoms with E-state index in [0.717, 1.165) is 55.4 Å². The Morgan fingerprint density at radius 2 is 1.96 bits per heavy atom. The maximum atomic E-state index is 14.3. The normalized spacial score (nSPS) is 20.7. The van der Waals surface area contributed by atoms with Gasteiger partial charge in [0.2, 0.25) is 0 Å². The number of halogens is 2. The van der Waals surface area contributed by atoms with Crippen LogP contribution in [0, 0.1) is 5.82 Å². The summed E-state index contributed by atoms with van der Waals surface area (Å²) in [5.74, 6) is 1.50. The number of carboxylic acids is 1. The molecule has 0 radical (unpaired) electrons. The number of thioether (sulfide) groups is 2. The van der Waals surface area contributed by atoms with Crippen LogP contribution >= 0.6 is 35.1 Å². The largest absolute Gasteiger partial charge is 0.493 e. The standard InChI is InChI=1S/C37H39ClFN5O4S2/c1-24-15-27(38)7-6-25-20-42(2)36(37(45)46)33(25)5-4-12-48-35-19-31(17-26-16-28(39)8-9-32(26)35)50-23-30-18-29(41-43(30)3)22-49-14-10-40-44-11-13-47-21-34(24)44/h6-10,15-20H,4-5,11-14,21-23H2,1-3H3,(H,45,46)/b7-6-,27-15-,34-24+,40-10+. The summed E-state index contributed by atoms with van der Waals surface area (Å²) in [6.45, 7) is 3.97. The molecule has 2 aromatic heterocycles. The molecule has 0 atom stereocenters. The lowest BCUT2D eigenvalue weighted by Gasteiger charge is -2.28. The van der Waals surface area contributed by atoms with Crippen molar-refractivity contribution < 1.29 is 23.8 Å². The highest BCUT2D eigenvalue weighted by atomic mass is 35.5. The van der Waals surface area contributed by atoms with E-state index < -0.39 is 5.97 Å². The number of aromatic nitrogens is 3. The van der Waals surface area contributed by atoms with E-state index in [1.54, 1.807) is 53.5 Å². The lowest BCUT2D eigenvalue weighted by atomic mass is 10.0. The van der Waals surface area contributed by atoms with Crippen LogP contribution < -0.4 is 4.74 Å². The van der Waals surface area contributed by atoms with Crippen molar-refractivity contribution in [3.05, 3.63) is 105 Å². The van der Waals surface area contributed by atoms with Crippen LogP contribution in [0.3, 0.4) is 0 Å². The fraction of sp³-hybridized carbons (Fsp3) is 0.324. The average molecular weight is 736 g/mol. The Hall–Kier alpha value is -3.97. The number of aryl methyl sites for hydroxylation is 2. The van der Waals surface area contributed by atoms with Gasteiger partial charge in [0.25, 0.3) is 0 Å².